The summed E-state index contributed by atoms with van der Waals surface area (Å²) in [6.45, 7) is 7.75. The van der Waals surface area contributed by atoms with Gasteiger partial charge in [-0.05, 0) is 72.2 Å². The van der Waals surface area contributed by atoms with Gasteiger partial charge < -0.3 is 0 Å². The van der Waals surface area contributed by atoms with E-state index in [0.717, 1.165) is 34.6 Å². The van der Waals surface area contributed by atoms with Crippen molar-refractivity contribution < 1.29 is 0 Å². The van der Waals surface area contributed by atoms with Crippen molar-refractivity contribution in [2.24, 2.45) is 0 Å². The molecule has 0 saturated carbocycles. The quantitative estimate of drug-likeness (QED) is 0.292. The van der Waals surface area contributed by atoms with Gasteiger partial charge in [0.25, 0.3) is 0 Å². The first-order valence-corrected chi connectivity index (χ1v) is 10.2. The van der Waals surface area contributed by atoms with Crippen molar-refractivity contribution in [3.63, 3.8) is 0 Å². The van der Waals surface area contributed by atoms with Crippen LogP contribution < -0.4 is 0 Å². The molecule has 0 bridgehead atoms. The van der Waals surface area contributed by atoms with Crippen LogP contribution in [-0.4, -0.2) is 0 Å². The summed E-state index contributed by atoms with van der Waals surface area (Å²) >= 11 is 7.35. The van der Waals surface area contributed by atoms with Crippen LogP contribution in [-0.2, 0) is 5.41 Å². The van der Waals surface area contributed by atoms with E-state index in [9.17, 15) is 0 Å². The van der Waals surface area contributed by atoms with E-state index >= 15 is 0 Å². The maximum Gasteiger partial charge on any atom is 0.0395 e. The third kappa shape index (κ3) is 3.47. The highest BCUT2D eigenvalue weighted by atomic mass is 79.9. The van der Waals surface area contributed by atoms with Crippen molar-refractivity contribution in [1.82, 2.24) is 0 Å². The fourth-order valence-electron chi connectivity index (χ4n) is 3.81. The summed E-state index contributed by atoms with van der Waals surface area (Å²) in [6.07, 6.45) is 12.7. The van der Waals surface area contributed by atoms with Crippen LogP contribution in [0.15, 0.2) is 82.8 Å². The topological polar surface area (TPSA) is 0 Å². The molecule has 3 rings (SSSR count). The predicted octanol–water partition coefficient (Wildman–Crippen LogP) is 7.97. The zero-order chi connectivity index (χ0) is 17.9. The van der Waals surface area contributed by atoms with Gasteiger partial charge in [0.05, 0.1) is 0 Å². The lowest BCUT2D eigenvalue weighted by molar-refractivity contribution is 0.564. The third-order valence-electron chi connectivity index (χ3n) is 4.90. The Balaban J connectivity index is 2.23. The van der Waals surface area contributed by atoms with E-state index in [-0.39, 0.29) is 5.41 Å². The van der Waals surface area contributed by atoms with Crippen molar-refractivity contribution in [2.45, 2.75) is 31.1 Å². The summed E-state index contributed by atoms with van der Waals surface area (Å²) in [4.78, 5) is 0. The van der Waals surface area contributed by atoms with Crippen molar-refractivity contribution in [2.75, 3.05) is 0 Å². The molecule has 128 valence electrons. The van der Waals surface area contributed by atoms with Crippen LogP contribution in [0.25, 0.3) is 11.1 Å². The van der Waals surface area contributed by atoms with Crippen LogP contribution in [0.2, 0.25) is 0 Å². The number of hydrogen-bond acceptors (Lipinski definition) is 0. The minimum absolute atomic E-state index is 0.0930. The SMILES string of the molecule is C=CC/C=C/C1(CCCC=C)c2cc(Br)ccc2-c2ccc(Br)cc21. The van der Waals surface area contributed by atoms with Gasteiger partial charge in [0, 0.05) is 14.4 Å². The minimum atomic E-state index is -0.0930. The van der Waals surface area contributed by atoms with E-state index < -0.39 is 0 Å². The molecule has 2 heteroatoms. The summed E-state index contributed by atoms with van der Waals surface area (Å²) in [5.41, 5.74) is 5.36. The standard InChI is InChI=1S/C23H22Br2/c1-3-5-7-13-23(14-8-6-4-2)21-15-17(24)9-11-19(21)20-12-10-18(25)16-22(20)23/h3-4,7,9-13,15-16H,1-2,5-6,8,14H2/b13-7+. The van der Waals surface area contributed by atoms with Gasteiger partial charge in [-0.15, -0.1) is 13.2 Å². The fourth-order valence-corrected chi connectivity index (χ4v) is 4.53. The lowest BCUT2D eigenvalue weighted by Gasteiger charge is -2.29. The van der Waals surface area contributed by atoms with E-state index in [1.165, 1.54) is 22.3 Å². The van der Waals surface area contributed by atoms with Crippen LogP contribution in [0, 0.1) is 0 Å². The molecule has 1 aliphatic rings. The van der Waals surface area contributed by atoms with Gasteiger partial charge in [0.2, 0.25) is 0 Å². The predicted molar refractivity (Wildman–Crippen MR) is 116 cm³/mol. The minimum Gasteiger partial charge on any atom is -0.103 e. The monoisotopic (exact) mass is 456 g/mol. The van der Waals surface area contributed by atoms with E-state index in [1.807, 2.05) is 12.2 Å². The first-order chi connectivity index (χ1) is 12.1. The van der Waals surface area contributed by atoms with Crippen molar-refractivity contribution in [3.8, 4) is 11.1 Å². The molecule has 0 fully saturated rings. The Hall–Kier alpha value is -1.38. The Morgan fingerprint density at radius 2 is 1.48 bits per heavy atom. The van der Waals surface area contributed by atoms with Crippen LogP contribution in [0.4, 0.5) is 0 Å². The number of fused-ring (bicyclic) bond motifs is 3. The molecule has 2 aromatic rings. The molecule has 0 aliphatic heterocycles. The van der Waals surface area contributed by atoms with Gasteiger partial charge >= 0.3 is 0 Å². The molecule has 0 radical (unpaired) electrons. The van der Waals surface area contributed by atoms with Crippen LogP contribution in [0.1, 0.15) is 36.8 Å². The molecule has 0 atom stereocenters. The largest absolute Gasteiger partial charge is 0.103 e. The first kappa shape index (κ1) is 18.4. The van der Waals surface area contributed by atoms with Crippen LogP contribution in [0.5, 0.6) is 0 Å². The Kier molecular flexibility index (Phi) is 5.81. The second-order valence-corrected chi connectivity index (χ2v) is 8.29. The highest BCUT2D eigenvalue weighted by Crippen LogP contribution is 2.53. The molecule has 2 aromatic carbocycles. The van der Waals surface area contributed by atoms with Crippen LogP contribution >= 0.6 is 31.9 Å². The van der Waals surface area contributed by atoms with Gasteiger partial charge in [0.15, 0.2) is 0 Å². The zero-order valence-corrected chi connectivity index (χ0v) is 17.4. The summed E-state index contributed by atoms with van der Waals surface area (Å²) in [5.74, 6) is 0. The number of unbranched alkanes of at least 4 members (excludes halogenated alkanes) is 1. The highest BCUT2D eigenvalue weighted by molar-refractivity contribution is 9.10. The van der Waals surface area contributed by atoms with Gasteiger partial charge in [-0.25, -0.2) is 0 Å². The normalized spacial score (nSPS) is 14.3. The van der Waals surface area contributed by atoms with E-state index in [0.29, 0.717) is 0 Å². The molecule has 25 heavy (non-hydrogen) atoms. The lowest BCUT2D eigenvalue weighted by atomic mass is 9.74. The number of halogens is 2. The second-order valence-electron chi connectivity index (χ2n) is 6.46. The number of hydrogen-bond donors (Lipinski definition) is 0. The van der Waals surface area contributed by atoms with Crippen molar-refractivity contribution in [3.05, 3.63) is 93.9 Å². The lowest BCUT2D eigenvalue weighted by Crippen LogP contribution is -2.22. The Morgan fingerprint density at radius 3 is 2.00 bits per heavy atom. The summed E-state index contributed by atoms with van der Waals surface area (Å²) in [7, 11) is 0. The first-order valence-electron chi connectivity index (χ1n) is 8.62. The van der Waals surface area contributed by atoms with Crippen molar-refractivity contribution in [1.29, 1.82) is 0 Å². The van der Waals surface area contributed by atoms with E-state index in [2.05, 4.69) is 93.6 Å². The Labute approximate surface area is 167 Å². The smallest absolute Gasteiger partial charge is 0.0395 e. The number of benzene rings is 2. The van der Waals surface area contributed by atoms with Gasteiger partial charge in [0.1, 0.15) is 0 Å². The molecular weight excluding hydrogens is 436 g/mol. The maximum absolute atomic E-state index is 3.89. The summed E-state index contributed by atoms with van der Waals surface area (Å²) in [5, 5.41) is 0. The summed E-state index contributed by atoms with van der Waals surface area (Å²) < 4.78 is 2.26. The van der Waals surface area contributed by atoms with E-state index in [1.54, 1.807) is 0 Å². The molecule has 0 amide bonds. The maximum atomic E-state index is 3.89. The van der Waals surface area contributed by atoms with Gasteiger partial charge in [-0.3, -0.25) is 0 Å². The van der Waals surface area contributed by atoms with Gasteiger partial charge in [-0.1, -0.05) is 68.3 Å². The Morgan fingerprint density at radius 1 is 0.880 bits per heavy atom. The molecule has 1 aliphatic carbocycles. The molecule has 0 N–H and O–H groups in total. The summed E-state index contributed by atoms with van der Waals surface area (Å²) in [6, 6.07) is 13.3. The van der Waals surface area contributed by atoms with Crippen LogP contribution in [0.3, 0.4) is 0 Å². The third-order valence-corrected chi connectivity index (χ3v) is 5.89. The van der Waals surface area contributed by atoms with E-state index in [4.69, 9.17) is 0 Å². The second kappa shape index (κ2) is 7.88. The molecule has 0 heterocycles. The molecule has 0 nitrogen and oxygen atoms in total. The molecule has 0 saturated heterocycles. The highest BCUT2D eigenvalue weighted by Gasteiger charge is 2.40. The Bertz CT molecular complexity index is 778. The molecular formula is C23H22Br2. The van der Waals surface area contributed by atoms with Gasteiger partial charge in [-0.2, -0.15) is 0 Å². The number of rotatable bonds is 7. The molecule has 0 spiro atoms. The zero-order valence-electron chi connectivity index (χ0n) is 14.3. The van der Waals surface area contributed by atoms with Crippen molar-refractivity contribution >= 4 is 31.9 Å². The fraction of sp³-hybridized carbons (Fsp3) is 0.217. The average molecular weight is 458 g/mol. The average Bonchev–Trinajstić information content (AvgIpc) is 2.85. The molecule has 0 unspecified atom stereocenters. The molecule has 0 aromatic heterocycles. The number of allylic oxidation sites excluding steroid dienone is 4.